The number of nitrogens with zero attached hydrogens (tertiary/aromatic N) is 1. The van der Waals surface area contributed by atoms with E-state index < -0.39 is 17.6 Å². The third-order valence-corrected chi connectivity index (χ3v) is 2.28. The molecule has 1 aromatic carbocycles. The van der Waals surface area contributed by atoms with Crippen molar-refractivity contribution in [2.75, 3.05) is 0 Å². The predicted molar refractivity (Wildman–Crippen MR) is 53.6 cm³/mol. The first-order valence-corrected chi connectivity index (χ1v) is 4.66. The Morgan fingerprint density at radius 1 is 1.41 bits per heavy atom. The lowest BCUT2D eigenvalue weighted by molar-refractivity contribution is 0.0695. The van der Waals surface area contributed by atoms with Gasteiger partial charge in [-0.05, 0) is 19.1 Å². The molecule has 0 unspecified atom stereocenters. The number of halogens is 2. The molecule has 0 bridgehead atoms. The summed E-state index contributed by atoms with van der Waals surface area (Å²) < 4.78 is 31.2. The van der Waals surface area contributed by atoms with Crippen molar-refractivity contribution >= 4 is 5.97 Å². The van der Waals surface area contributed by atoms with Crippen LogP contribution in [0.15, 0.2) is 22.7 Å². The van der Waals surface area contributed by atoms with Gasteiger partial charge in [-0.15, -0.1) is 0 Å². The minimum atomic E-state index is -1.30. The summed E-state index contributed by atoms with van der Waals surface area (Å²) in [5.74, 6) is -3.48. The summed E-state index contributed by atoms with van der Waals surface area (Å²) in [4.78, 5) is 11.0. The molecule has 4 nitrogen and oxygen atoms in total. The number of carboxylic acids is 1. The first-order valence-electron chi connectivity index (χ1n) is 4.66. The molecular formula is C11H7F2NO3. The first-order chi connectivity index (χ1) is 8.02. The molecule has 0 aliphatic rings. The van der Waals surface area contributed by atoms with Crippen LogP contribution in [0.1, 0.15) is 16.1 Å². The first kappa shape index (κ1) is 11.3. The number of aryl methyl sites for hydroxylation is 1. The van der Waals surface area contributed by atoms with Crippen LogP contribution in [0.4, 0.5) is 8.78 Å². The second-order valence-corrected chi connectivity index (χ2v) is 3.37. The minimum Gasteiger partial charge on any atom is -0.477 e. The van der Waals surface area contributed by atoms with Crippen molar-refractivity contribution in [2.45, 2.75) is 6.92 Å². The molecule has 2 rings (SSSR count). The molecule has 0 aliphatic heterocycles. The van der Waals surface area contributed by atoms with Gasteiger partial charge in [-0.2, -0.15) is 0 Å². The van der Waals surface area contributed by atoms with Gasteiger partial charge < -0.3 is 9.63 Å². The van der Waals surface area contributed by atoms with Crippen molar-refractivity contribution in [1.29, 1.82) is 0 Å². The van der Waals surface area contributed by atoms with Gasteiger partial charge in [0.1, 0.15) is 17.0 Å². The van der Waals surface area contributed by atoms with Crippen LogP contribution in [0.25, 0.3) is 11.3 Å². The maximum atomic E-state index is 13.5. The highest BCUT2D eigenvalue weighted by molar-refractivity contribution is 5.95. The van der Waals surface area contributed by atoms with E-state index >= 15 is 0 Å². The summed E-state index contributed by atoms with van der Waals surface area (Å²) in [6.07, 6.45) is 0. The molecular weight excluding hydrogens is 232 g/mol. The van der Waals surface area contributed by atoms with Crippen molar-refractivity contribution in [3.8, 4) is 11.3 Å². The van der Waals surface area contributed by atoms with E-state index in [0.29, 0.717) is 0 Å². The number of rotatable bonds is 2. The summed E-state index contributed by atoms with van der Waals surface area (Å²) in [6, 6.07) is 3.44. The smallest absolute Gasteiger partial charge is 0.341 e. The van der Waals surface area contributed by atoms with Crippen molar-refractivity contribution in [2.24, 2.45) is 0 Å². The molecule has 6 heteroatoms. The number of hydrogen-bond acceptors (Lipinski definition) is 3. The molecule has 88 valence electrons. The molecule has 17 heavy (non-hydrogen) atoms. The summed E-state index contributed by atoms with van der Waals surface area (Å²) in [5.41, 5.74) is -0.722. The summed E-state index contributed by atoms with van der Waals surface area (Å²) in [6.45, 7) is 1.39. The quantitative estimate of drug-likeness (QED) is 0.874. The van der Waals surface area contributed by atoms with Gasteiger partial charge in [0, 0.05) is 5.56 Å². The van der Waals surface area contributed by atoms with Crippen LogP contribution in [0.3, 0.4) is 0 Å². The van der Waals surface area contributed by atoms with Crippen LogP contribution in [0.2, 0.25) is 0 Å². The Labute approximate surface area is 94.5 Å². The average Bonchev–Trinajstić information content (AvgIpc) is 2.64. The zero-order valence-corrected chi connectivity index (χ0v) is 8.70. The van der Waals surface area contributed by atoms with Gasteiger partial charge in [0.15, 0.2) is 11.6 Å². The zero-order chi connectivity index (χ0) is 12.6. The highest BCUT2D eigenvalue weighted by Gasteiger charge is 2.23. The number of aromatic nitrogens is 1. The van der Waals surface area contributed by atoms with Gasteiger partial charge in [-0.3, -0.25) is 0 Å². The molecule has 1 aromatic heterocycles. The Balaban J connectivity index is 2.69. The number of carboxylic acid groups (broad SMARTS) is 1. The van der Waals surface area contributed by atoms with Crippen LogP contribution in [0, 0.1) is 18.6 Å². The van der Waals surface area contributed by atoms with E-state index in [9.17, 15) is 13.6 Å². The molecule has 0 saturated carbocycles. The van der Waals surface area contributed by atoms with Gasteiger partial charge in [0.25, 0.3) is 0 Å². The van der Waals surface area contributed by atoms with E-state index in [1.165, 1.54) is 19.1 Å². The van der Waals surface area contributed by atoms with Gasteiger partial charge in [0.2, 0.25) is 0 Å². The maximum absolute atomic E-state index is 13.5. The van der Waals surface area contributed by atoms with E-state index in [2.05, 4.69) is 9.68 Å². The third kappa shape index (κ3) is 1.77. The molecule has 0 aliphatic carbocycles. The van der Waals surface area contributed by atoms with Gasteiger partial charge in [0.05, 0.1) is 0 Å². The molecule has 1 heterocycles. The SMILES string of the molecule is Cc1onc(-c2cccc(F)c2F)c1C(=O)O. The molecule has 0 fully saturated rings. The molecule has 0 spiro atoms. The zero-order valence-electron chi connectivity index (χ0n) is 8.70. The topological polar surface area (TPSA) is 63.3 Å². The summed E-state index contributed by atoms with van der Waals surface area (Å²) in [5, 5.41) is 12.4. The van der Waals surface area contributed by atoms with Crippen LogP contribution in [-0.4, -0.2) is 16.2 Å². The van der Waals surface area contributed by atoms with Crippen LogP contribution >= 0.6 is 0 Å². The van der Waals surface area contributed by atoms with Crippen molar-refractivity contribution in [3.63, 3.8) is 0 Å². The lowest BCUT2D eigenvalue weighted by atomic mass is 10.1. The van der Waals surface area contributed by atoms with Gasteiger partial charge in [-0.1, -0.05) is 11.2 Å². The normalized spacial score (nSPS) is 10.5. The molecule has 0 radical (unpaired) electrons. The average molecular weight is 239 g/mol. The van der Waals surface area contributed by atoms with Crippen molar-refractivity contribution < 1.29 is 23.2 Å². The van der Waals surface area contributed by atoms with E-state index in [1.54, 1.807) is 0 Å². The Kier molecular flexibility index (Phi) is 2.63. The second-order valence-electron chi connectivity index (χ2n) is 3.37. The molecule has 0 amide bonds. The Morgan fingerprint density at radius 2 is 2.12 bits per heavy atom. The largest absolute Gasteiger partial charge is 0.477 e. The molecule has 2 aromatic rings. The van der Waals surface area contributed by atoms with Crippen molar-refractivity contribution in [3.05, 3.63) is 41.2 Å². The van der Waals surface area contributed by atoms with E-state index in [4.69, 9.17) is 5.11 Å². The third-order valence-electron chi connectivity index (χ3n) is 2.28. The number of aromatic carboxylic acids is 1. The number of carbonyl (C=O) groups is 1. The Bertz CT molecular complexity index is 592. The number of hydrogen-bond donors (Lipinski definition) is 1. The van der Waals surface area contributed by atoms with Crippen molar-refractivity contribution in [1.82, 2.24) is 5.16 Å². The maximum Gasteiger partial charge on any atom is 0.341 e. The Hall–Kier alpha value is -2.24. The van der Waals surface area contributed by atoms with Crippen LogP contribution in [0.5, 0.6) is 0 Å². The minimum absolute atomic E-state index is 0.0381. The standard InChI is InChI=1S/C11H7F2NO3/c1-5-8(11(15)16)10(14-17-5)6-3-2-4-7(12)9(6)13/h2-4H,1H3,(H,15,16). The van der Waals surface area contributed by atoms with Gasteiger partial charge >= 0.3 is 5.97 Å². The fourth-order valence-electron chi connectivity index (χ4n) is 1.49. The lowest BCUT2D eigenvalue weighted by Crippen LogP contribution is -2.00. The molecule has 0 atom stereocenters. The van der Waals surface area contributed by atoms with Crippen LogP contribution in [-0.2, 0) is 0 Å². The summed E-state index contributed by atoms with van der Waals surface area (Å²) in [7, 11) is 0. The second kappa shape index (κ2) is 3.97. The fourth-order valence-corrected chi connectivity index (χ4v) is 1.49. The van der Waals surface area contributed by atoms with Gasteiger partial charge in [-0.25, -0.2) is 13.6 Å². The highest BCUT2D eigenvalue weighted by Crippen LogP contribution is 2.28. The predicted octanol–water partition coefficient (Wildman–Crippen LogP) is 2.63. The fraction of sp³-hybridized carbons (Fsp3) is 0.0909. The monoisotopic (exact) mass is 239 g/mol. The van der Waals surface area contributed by atoms with E-state index in [1.807, 2.05) is 0 Å². The van der Waals surface area contributed by atoms with E-state index in [0.717, 1.165) is 6.07 Å². The lowest BCUT2D eigenvalue weighted by Gasteiger charge is -2.00. The highest BCUT2D eigenvalue weighted by atomic mass is 19.2. The molecule has 0 saturated heterocycles. The molecule has 1 N–H and O–H groups in total. The van der Waals surface area contributed by atoms with Crippen LogP contribution < -0.4 is 0 Å². The summed E-state index contributed by atoms with van der Waals surface area (Å²) >= 11 is 0. The Morgan fingerprint density at radius 3 is 2.76 bits per heavy atom. The van der Waals surface area contributed by atoms with E-state index in [-0.39, 0.29) is 22.6 Å². The number of benzene rings is 1.